The minimum atomic E-state index is -2.05. The summed E-state index contributed by atoms with van der Waals surface area (Å²) in [6.45, 7) is -1.75. The summed E-state index contributed by atoms with van der Waals surface area (Å²) in [4.78, 5) is 13.5. The van der Waals surface area contributed by atoms with Crippen LogP contribution in [-0.2, 0) is 9.47 Å². The molecule has 5 rings (SSSR count). The fourth-order valence-electron chi connectivity index (χ4n) is 5.44. The van der Waals surface area contributed by atoms with E-state index in [0.29, 0.717) is 0 Å². The van der Waals surface area contributed by atoms with Gasteiger partial charge in [0.2, 0.25) is 0 Å². The lowest BCUT2D eigenvalue weighted by Crippen LogP contribution is -2.55. The highest BCUT2D eigenvalue weighted by atomic mass is 16.6. The molecule has 2 aromatic carbocycles. The summed E-state index contributed by atoms with van der Waals surface area (Å²) in [5.74, 6) is -3.43. The topological polar surface area (TPSA) is 291 Å². The Hall–Kier alpha value is -3.55. The number of hydrogen-bond donors (Lipinski definition) is 12. The van der Waals surface area contributed by atoms with Crippen LogP contribution >= 0.6 is 0 Å². The molecule has 0 saturated carbocycles. The molecule has 0 spiro atoms. The number of ether oxygens (including phenoxy) is 2. The average Bonchev–Trinajstić information content (AvgIpc) is 2.98. The second-order valence-electron chi connectivity index (χ2n) is 10.4. The summed E-state index contributed by atoms with van der Waals surface area (Å²) in [5.41, 5.74) is -2.97. The van der Waals surface area contributed by atoms with Gasteiger partial charge in [0, 0.05) is 11.6 Å². The van der Waals surface area contributed by atoms with E-state index in [0.717, 1.165) is 18.2 Å². The Morgan fingerprint density at radius 3 is 1.67 bits per heavy atom. The van der Waals surface area contributed by atoms with E-state index in [-0.39, 0.29) is 11.3 Å². The SMILES string of the molecule is O=c1cc(-c2ccc(O)c(O)c2)oc2c([C@@H]3O[C@H](CO)[C@@H](O)[C@H](O)[C@H]3O)c(O)c([C@@H]3O[C@H](CO)[C@@H](O)[C@H](O)[C@H]3O)c(O)c12. The molecule has 10 atom stereocenters. The van der Waals surface area contributed by atoms with Crippen LogP contribution in [0.4, 0.5) is 0 Å². The van der Waals surface area contributed by atoms with Crippen molar-refractivity contribution in [2.75, 3.05) is 13.2 Å². The molecular formula is C27H30O16. The van der Waals surface area contributed by atoms with Gasteiger partial charge in [-0.1, -0.05) is 0 Å². The number of fused-ring (bicyclic) bond motifs is 1. The second kappa shape index (κ2) is 11.5. The van der Waals surface area contributed by atoms with Gasteiger partial charge in [0.05, 0.1) is 24.3 Å². The minimum absolute atomic E-state index is 0.0334. The monoisotopic (exact) mass is 610 g/mol. The molecule has 16 heteroatoms. The smallest absolute Gasteiger partial charge is 0.197 e. The third kappa shape index (κ3) is 4.96. The third-order valence-corrected chi connectivity index (χ3v) is 7.81. The van der Waals surface area contributed by atoms with Crippen molar-refractivity contribution in [2.45, 2.75) is 61.0 Å². The van der Waals surface area contributed by atoms with Gasteiger partial charge >= 0.3 is 0 Å². The Labute approximate surface area is 240 Å². The van der Waals surface area contributed by atoms with Crippen molar-refractivity contribution in [3.05, 3.63) is 45.6 Å². The molecule has 43 heavy (non-hydrogen) atoms. The number of rotatable bonds is 5. The van der Waals surface area contributed by atoms with E-state index >= 15 is 0 Å². The van der Waals surface area contributed by atoms with Crippen LogP contribution < -0.4 is 5.43 Å². The van der Waals surface area contributed by atoms with E-state index in [1.807, 2.05) is 0 Å². The minimum Gasteiger partial charge on any atom is -0.507 e. The summed E-state index contributed by atoms with van der Waals surface area (Å²) in [6.07, 6.45) is -18.5. The van der Waals surface area contributed by atoms with Gasteiger partial charge < -0.3 is 75.2 Å². The molecule has 3 aromatic rings. The lowest BCUT2D eigenvalue weighted by molar-refractivity contribution is -0.234. The Morgan fingerprint density at radius 2 is 1.16 bits per heavy atom. The number of hydrogen-bond acceptors (Lipinski definition) is 16. The van der Waals surface area contributed by atoms with Crippen molar-refractivity contribution in [3.8, 4) is 34.3 Å². The highest BCUT2D eigenvalue weighted by molar-refractivity contribution is 5.92. The maximum atomic E-state index is 13.5. The zero-order valence-electron chi connectivity index (χ0n) is 22.0. The predicted octanol–water partition coefficient (Wildman–Crippen LogP) is -2.69. The van der Waals surface area contributed by atoms with Crippen molar-refractivity contribution in [3.63, 3.8) is 0 Å². The van der Waals surface area contributed by atoms with Gasteiger partial charge in [-0.2, -0.15) is 0 Å². The lowest BCUT2D eigenvalue weighted by Gasteiger charge is -2.42. The molecular weight excluding hydrogens is 580 g/mol. The van der Waals surface area contributed by atoms with Crippen LogP contribution in [0.15, 0.2) is 33.5 Å². The van der Waals surface area contributed by atoms with Gasteiger partial charge in [0.15, 0.2) is 22.5 Å². The first-order valence-corrected chi connectivity index (χ1v) is 13.0. The molecule has 2 aliphatic heterocycles. The van der Waals surface area contributed by atoms with E-state index in [1.54, 1.807) is 0 Å². The number of aromatic hydroxyl groups is 4. The molecule has 1 aromatic heterocycles. The molecule has 0 aliphatic carbocycles. The van der Waals surface area contributed by atoms with Crippen LogP contribution in [0.1, 0.15) is 23.3 Å². The van der Waals surface area contributed by atoms with E-state index in [9.17, 15) is 66.1 Å². The molecule has 0 unspecified atom stereocenters. The van der Waals surface area contributed by atoms with Crippen LogP contribution in [0.2, 0.25) is 0 Å². The molecule has 16 nitrogen and oxygen atoms in total. The van der Waals surface area contributed by atoms with Gasteiger partial charge in [-0.3, -0.25) is 4.79 Å². The summed E-state index contributed by atoms with van der Waals surface area (Å²) in [6, 6.07) is 4.26. The molecule has 0 radical (unpaired) electrons. The highest BCUT2D eigenvalue weighted by Crippen LogP contribution is 2.51. The van der Waals surface area contributed by atoms with Gasteiger partial charge in [-0.15, -0.1) is 0 Å². The number of phenols is 4. The normalized spacial score (nSPS) is 33.1. The van der Waals surface area contributed by atoms with Crippen molar-refractivity contribution in [1.82, 2.24) is 0 Å². The summed E-state index contributed by atoms with van der Waals surface area (Å²) in [5, 5.41) is 124. The zero-order valence-corrected chi connectivity index (χ0v) is 22.0. The molecule has 0 bridgehead atoms. The van der Waals surface area contributed by atoms with Crippen molar-refractivity contribution < 1.29 is 75.2 Å². The Balaban J connectivity index is 1.82. The van der Waals surface area contributed by atoms with E-state index in [1.165, 1.54) is 6.07 Å². The van der Waals surface area contributed by atoms with Crippen LogP contribution in [0.25, 0.3) is 22.3 Å². The summed E-state index contributed by atoms with van der Waals surface area (Å²) < 4.78 is 16.9. The Kier molecular flexibility index (Phi) is 8.27. The molecule has 2 saturated heterocycles. The van der Waals surface area contributed by atoms with Gasteiger partial charge in [0.1, 0.15) is 83.7 Å². The number of benzene rings is 2. The number of aliphatic hydroxyl groups excluding tert-OH is 8. The van der Waals surface area contributed by atoms with Crippen molar-refractivity contribution in [1.29, 1.82) is 0 Å². The fraction of sp³-hybridized carbons (Fsp3) is 0.444. The zero-order chi connectivity index (χ0) is 31.5. The average molecular weight is 611 g/mol. The van der Waals surface area contributed by atoms with Gasteiger partial charge in [0.25, 0.3) is 0 Å². The highest BCUT2D eigenvalue weighted by Gasteiger charge is 2.50. The number of aliphatic hydroxyl groups is 8. The van der Waals surface area contributed by atoms with Crippen molar-refractivity contribution >= 4 is 11.0 Å². The first kappa shape index (κ1) is 30.9. The van der Waals surface area contributed by atoms with Crippen LogP contribution in [0.5, 0.6) is 23.0 Å². The van der Waals surface area contributed by atoms with Gasteiger partial charge in [-0.05, 0) is 18.2 Å². The molecule has 3 heterocycles. The fourth-order valence-corrected chi connectivity index (χ4v) is 5.44. The molecule has 2 aliphatic rings. The van der Waals surface area contributed by atoms with Gasteiger partial charge in [-0.25, -0.2) is 0 Å². The lowest BCUT2D eigenvalue weighted by atomic mass is 9.85. The standard InChI is InChI=1S/C27H30O16/c28-5-12-17(33)21(37)23(39)26(42-12)15-19(35)14-10(32)4-11(7-1-2-8(30)9(31)3-7)41-25(14)16(20(15)36)27-24(40)22(38)18(34)13(6-29)43-27/h1-4,12-13,17-18,21-24,26-31,33-40H,5-6H2/t12-,13-,17-,18-,21+,22+,23-,24-,26+,27+/m1/s1. The maximum absolute atomic E-state index is 13.5. The van der Waals surface area contributed by atoms with Crippen molar-refractivity contribution in [2.24, 2.45) is 0 Å². The maximum Gasteiger partial charge on any atom is 0.197 e. The molecule has 234 valence electrons. The Morgan fingerprint density at radius 1 is 0.628 bits per heavy atom. The number of phenolic OH excluding ortho intramolecular Hbond substituents is 4. The summed E-state index contributed by atoms with van der Waals surface area (Å²) >= 11 is 0. The van der Waals surface area contributed by atoms with E-state index in [4.69, 9.17) is 13.9 Å². The Bertz CT molecular complexity index is 1570. The van der Waals surface area contributed by atoms with E-state index in [2.05, 4.69) is 0 Å². The summed E-state index contributed by atoms with van der Waals surface area (Å²) in [7, 11) is 0. The van der Waals surface area contributed by atoms with Crippen LogP contribution in [-0.4, -0.2) is 123 Å². The largest absolute Gasteiger partial charge is 0.507 e. The van der Waals surface area contributed by atoms with Crippen LogP contribution in [0, 0.1) is 0 Å². The third-order valence-electron chi connectivity index (χ3n) is 7.81. The quantitative estimate of drug-likeness (QED) is 0.131. The molecule has 2 fully saturated rings. The van der Waals surface area contributed by atoms with E-state index < -0.39 is 125 Å². The van der Waals surface area contributed by atoms with Crippen LogP contribution in [0.3, 0.4) is 0 Å². The second-order valence-corrected chi connectivity index (χ2v) is 10.4. The predicted molar refractivity (Wildman–Crippen MR) is 140 cm³/mol. The molecule has 12 N–H and O–H groups in total. The first-order chi connectivity index (χ1) is 20.3. The first-order valence-electron chi connectivity index (χ1n) is 13.0. The molecule has 0 amide bonds.